The minimum absolute atomic E-state index is 0.0163. The SMILES string of the molecule is COC(=O)c1sc(C2=CCC(C)(C)CC2)cc1N(C(=O)C1CCC(C)CC1)C1CCC(=O)CC1. The number of hydrogen-bond donors (Lipinski definition) is 0. The second-order valence-corrected chi connectivity index (χ2v) is 12.4. The normalized spacial score (nSPS) is 25.5. The van der Waals surface area contributed by atoms with Crippen molar-refractivity contribution < 1.29 is 19.1 Å². The number of carbonyl (C=O) groups is 3. The second kappa shape index (κ2) is 10.3. The van der Waals surface area contributed by atoms with Gasteiger partial charge < -0.3 is 9.64 Å². The van der Waals surface area contributed by atoms with E-state index in [0.717, 1.165) is 49.8 Å². The fourth-order valence-corrected chi connectivity index (χ4v) is 6.78. The predicted octanol–water partition coefficient (Wildman–Crippen LogP) is 6.80. The van der Waals surface area contributed by atoms with E-state index in [2.05, 4.69) is 32.9 Å². The van der Waals surface area contributed by atoms with E-state index in [-0.39, 0.29) is 29.6 Å². The summed E-state index contributed by atoms with van der Waals surface area (Å²) in [5, 5.41) is 0. The largest absolute Gasteiger partial charge is 0.465 e. The molecule has 0 unspecified atom stereocenters. The van der Waals surface area contributed by atoms with Crippen molar-refractivity contribution in [1.82, 2.24) is 0 Å². The van der Waals surface area contributed by atoms with Crippen molar-refractivity contribution in [2.24, 2.45) is 17.3 Å². The molecule has 0 aromatic carbocycles. The van der Waals surface area contributed by atoms with Gasteiger partial charge in [-0.2, -0.15) is 0 Å². The van der Waals surface area contributed by atoms with E-state index in [1.807, 2.05) is 4.90 Å². The fraction of sp³-hybridized carbons (Fsp3) is 0.679. The van der Waals surface area contributed by atoms with Crippen LogP contribution in [0.1, 0.15) is 106 Å². The Labute approximate surface area is 207 Å². The maximum atomic E-state index is 14.0. The lowest BCUT2D eigenvalue weighted by Gasteiger charge is -2.37. The highest BCUT2D eigenvalue weighted by Crippen LogP contribution is 2.44. The third-order valence-corrected chi connectivity index (χ3v) is 9.29. The second-order valence-electron chi connectivity index (χ2n) is 11.3. The number of ketones is 1. The van der Waals surface area contributed by atoms with E-state index in [9.17, 15) is 14.4 Å². The number of rotatable bonds is 5. The zero-order chi connectivity index (χ0) is 24.5. The van der Waals surface area contributed by atoms with Crippen molar-refractivity contribution in [3.8, 4) is 0 Å². The summed E-state index contributed by atoms with van der Waals surface area (Å²) in [6, 6.07) is 2.01. The zero-order valence-corrected chi connectivity index (χ0v) is 22.0. The van der Waals surface area contributed by atoms with Crippen LogP contribution in [-0.4, -0.2) is 30.8 Å². The van der Waals surface area contributed by atoms with E-state index in [4.69, 9.17) is 4.74 Å². The average molecular weight is 486 g/mol. The Morgan fingerprint density at radius 2 is 1.74 bits per heavy atom. The third-order valence-electron chi connectivity index (χ3n) is 8.11. The van der Waals surface area contributed by atoms with Gasteiger partial charge in [-0.25, -0.2) is 4.79 Å². The summed E-state index contributed by atoms with van der Waals surface area (Å²) in [4.78, 5) is 42.4. The molecule has 1 aromatic heterocycles. The standard InChI is InChI=1S/C28H39NO4S/c1-18-5-7-20(8-6-18)26(31)29(21-9-11-22(30)12-10-21)23-17-24(34-25(23)27(32)33-4)19-13-15-28(2,3)16-14-19/h13,17-18,20-21H,5-12,14-16H2,1-4H3. The maximum absolute atomic E-state index is 14.0. The molecule has 34 heavy (non-hydrogen) atoms. The van der Waals surface area contributed by atoms with Gasteiger partial charge >= 0.3 is 5.97 Å². The van der Waals surface area contributed by atoms with Gasteiger partial charge in [0.05, 0.1) is 12.8 Å². The number of ether oxygens (including phenoxy) is 1. The van der Waals surface area contributed by atoms with Crippen molar-refractivity contribution in [2.75, 3.05) is 12.0 Å². The number of methoxy groups -OCH3 is 1. The molecule has 1 heterocycles. The van der Waals surface area contributed by atoms with Gasteiger partial charge in [0.1, 0.15) is 10.7 Å². The molecule has 0 spiro atoms. The van der Waals surface area contributed by atoms with Crippen LogP contribution >= 0.6 is 11.3 Å². The van der Waals surface area contributed by atoms with Gasteiger partial charge in [0.25, 0.3) is 0 Å². The molecule has 0 aliphatic heterocycles. The molecule has 2 fully saturated rings. The quantitative estimate of drug-likeness (QED) is 0.430. The van der Waals surface area contributed by atoms with Crippen molar-refractivity contribution in [1.29, 1.82) is 0 Å². The van der Waals surface area contributed by atoms with Crippen LogP contribution in [0.4, 0.5) is 5.69 Å². The molecule has 1 aromatic rings. The van der Waals surface area contributed by atoms with Crippen molar-refractivity contribution >= 4 is 40.3 Å². The van der Waals surface area contributed by atoms with Crippen LogP contribution in [0.15, 0.2) is 12.1 Å². The molecule has 0 N–H and O–H groups in total. The number of hydrogen-bond acceptors (Lipinski definition) is 5. The minimum Gasteiger partial charge on any atom is -0.465 e. The zero-order valence-electron chi connectivity index (χ0n) is 21.2. The number of anilines is 1. The summed E-state index contributed by atoms with van der Waals surface area (Å²) in [5.74, 6) is 0.650. The van der Waals surface area contributed by atoms with Crippen LogP contribution in [0, 0.1) is 17.3 Å². The van der Waals surface area contributed by atoms with Gasteiger partial charge in [-0.3, -0.25) is 9.59 Å². The molecule has 0 atom stereocenters. The van der Waals surface area contributed by atoms with Crippen molar-refractivity contribution in [3.05, 3.63) is 21.9 Å². The number of nitrogens with zero attached hydrogens (tertiary/aromatic N) is 1. The number of allylic oxidation sites excluding steroid dienone is 2. The molecular weight excluding hydrogens is 446 g/mol. The highest BCUT2D eigenvalue weighted by molar-refractivity contribution is 7.15. The van der Waals surface area contributed by atoms with Gasteiger partial charge in [-0.1, -0.05) is 26.8 Å². The van der Waals surface area contributed by atoms with Crippen LogP contribution in [0.5, 0.6) is 0 Å². The Morgan fingerprint density at radius 3 is 2.32 bits per heavy atom. The molecule has 3 aliphatic rings. The summed E-state index contributed by atoms with van der Waals surface area (Å²) >= 11 is 1.45. The van der Waals surface area contributed by atoms with Crippen LogP contribution < -0.4 is 4.90 Å². The summed E-state index contributed by atoms with van der Waals surface area (Å²) in [7, 11) is 1.40. The van der Waals surface area contributed by atoms with Gasteiger partial charge in [-0.05, 0) is 80.8 Å². The first-order valence-electron chi connectivity index (χ1n) is 12.9. The highest BCUT2D eigenvalue weighted by atomic mass is 32.1. The van der Waals surface area contributed by atoms with E-state index < -0.39 is 0 Å². The molecule has 4 rings (SSSR count). The molecule has 0 saturated heterocycles. The van der Waals surface area contributed by atoms with E-state index >= 15 is 0 Å². The average Bonchev–Trinajstić information content (AvgIpc) is 3.25. The van der Waals surface area contributed by atoms with Gasteiger partial charge in [-0.15, -0.1) is 11.3 Å². The fourth-order valence-electron chi connectivity index (χ4n) is 5.64. The van der Waals surface area contributed by atoms with Crippen LogP contribution in [0.3, 0.4) is 0 Å². The lowest BCUT2D eigenvalue weighted by molar-refractivity contribution is -0.125. The van der Waals surface area contributed by atoms with Crippen molar-refractivity contribution in [2.45, 2.75) is 97.4 Å². The summed E-state index contributed by atoms with van der Waals surface area (Å²) in [5.41, 5.74) is 2.25. The summed E-state index contributed by atoms with van der Waals surface area (Å²) in [6.07, 6.45) is 11.6. The molecular formula is C28H39NO4S. The van der Waals surface area contributed by atoms with Crippen LogP contribution in [0.2, 0.25) is 0 Å². The van der Waals surface area contributed by atoms with E-state index in [1.165, 1.54) is 24.0 Å². The lowest BCUT2D eigenvalue weighted by Crippen LogP contribution is -2.46. The first-order valence-corrected chi connectivity index (χ1v) is 13.8. The Bertz CT molecular complexity index is 957. The number of esters is 1. The molecule has 2 saturated carbocycles. The number of Topliss-reactive ketones (excluding diaryl/α,β-unsaturated/α-hetero) is 1. The molecule has 0 radical (unpaired) electrons. The minimum atomic E-state index is -0.384. The predicted molar refractivity (Wildman–Crippen MR) is 137 cm³/mol. The molecule has 5 nitrogen and oxygen atoms in total. The van der Waals surface area contributed by atoms with Crippen LogP contribution in [-0.2, 0) is 14.3 Å². The Morgan fingerprint density at radius 1 is 1.06 bits per heavy atom. The Balaban J connectivity index is 1.72. The summed E-state index contributed by atoms with van der Waals surface area (Å²) < 4.78 is 5.16. The number of carbonyl (C=O) groups excluding carboxylic acids is 3. The topological polar surface area (TPSA) is 63.7 Å². The van der Waals surface area contributed by atoms with E-state index in [1.54, 1.807) is 0 Å². The number of amides is 1. The Kier molecular flexibility index (Phi) is 7.66. The summed E-state index contributed by atoms with van der Waals surface area (Å²) in [6.45, 7) is 6.83. The van der Waals surface area contributed by atoms with E-state index in [0.29, 0.717) is 47.6 Å². The first kappa shape index (κ1) is 25.2. The first-order chi connectivity index (χ1) is 16.2. The molecule has 3 aliphatic carbocycles. The smallest absolute Gasteiger partial charge is 0.350 e. The Hall–Kier alpha value is -1.95. The van der Waals surface area contributed by atoms with Gasteiger partial charge in [0, 0.05) is 29.7 Å². The van der Waals surface area contributed by atoms with Gasteiger partial charge in [0.2, 0.25) is 5.91 Å². The number of thiophene rings is 1. The van der Waals surface area contributed by atoms with Gasteiger partial charge in [0.15, 0.2) is 0 Å². The molecule has 186 valence electrons. The monoisotopic (exact) mass is 485 g/mol. The van der Waals surface area contributed by atoms with Crippen LogP contribution in [0.25, 0.3) is 5.57 Å². The highest BCUT2D eigenvalue weighted by Gasteiger charge is 2.38. The lowest BCUT2D eigenvalue weighted by atomic mass is 9.78. The third kappa shape index (κ3) is 5.48. The maximum Gasteiger partial charge on any atom is 0.350 e. The molecule has 6 heteroatoms. The molecule has 1 amide bonds. The molecule has 0 bridgehead atoms. The van der Waals surface area contributed by atoms with Crippen molar-refractivity contribution in [3.63, 3.8) is 0 Å².